The van der Waals surface area contributed by atoms with Gasteiger partial charge in [-0.3, -0.25) is 14.9 Å². The van der Waals surface area contributed by atoms with E-state index in [0.717, 1.165) is 6.42 Å². The maximum Gasteiger partial charge on any atom is 0.323 e. The Labute approximate surface area is 100.0 Å². The minimum absolute atomic E-state index is 0.172. The molecule has 0 spiro atoms. The summed E-state index contributed by atoms with van der Waals surface area (Å²) in [6.07, 6.45) is 0.682. The molecule has 3 amide bonds. The number of amides is 3. The fourth-order valence-corrected chi connectivity index (χ4v) is 1.59. The van der Waals surface area contributed by atoms with E-state index in [1.54, 1.807) is 7.05 Å². The van der Waals surface area contributed by atoms with Gasteiger partial charge in [0, 0.05) is 20.0 Å². The summed E-state index contributed by atoms with van der Waals surface area (Å²) in [5, 5.41) is 10.6. The molecule has 2 atom stereocenters. The fourth-order valence-electron chi connectivity index (χ4n) is 1.59. The van der Waals surface area contributed by atoms with Crippen LogP contribution in [-0.4, -0.2) is 41.5 Å². The molecule has 1 aliphatic rings. The molecule has 1 saturated carbocycles. The molecule has 0 saturated heterocycles. The summed E-state index contributed by atoms with van der Waals surface area (Å²) in [7, 11) is 1.63. The van der Waals surface area contributed by atoms with Crippen molar-refractivity contribution in [2.45, 2.75) is 26.2 Å². The van der Waals surface area contributed by atoms with Gasteiger partial charge in [0.15, 0.2) is 0 Å². The Balaban J connectivity index is 2.22. The topological polar surface area (TPSA) is 86.7 Å². The fraction of sp³-hybridized carbons (Fsp3) is 0.727. The molecular formula is C11H18N2O4. The van der Waals surface area contributed by atoms with Crippen molar-refractivity contribution in [3.63, 3.8) is 0 Å². The second kappa shape index (κ2) is 5.65. The van der Waals surface area contributed by atoms with E-state index >= 15 is 0 Å². The van der Waals surface area contributed by atoms with Crippen LogP contribution in [0.25, 0.3) is 0 Å². The molecule has 1 fully saturated rings. The van der Waals surface area contributed by atoms with E-state index in [1.165, 1.54) is 4.90 Å². The first-order chi connectivity index (χ1) is 7.90. The Morgan fingerprint density at radius 3 is 2.41 bits per heavy atom. The van der Waals surface area contributed by atoms with Crippen molar-refractivity contribution in [1.29, 1.82) is 0 Å². The molecule has 0 aromatic carbocycles. The maximum atomic E-state index is 11.5. The monoisotopic (exact) mass is 242 g/mol. The Kier molecular flexibility index (Phi) is 4.48. The summed E-state index contributed by atoms with van der Waals surface area (Å²) in [5.41, 5.74) is 0. The molecule has 2 N–H and O–H groups in total. The number of carbonyl (C=O) groups excluding carboxylic acids is 2. The van der Waals surface area contributed by atoms with Crippen LogP contribution >= 0.6 is 0 Å². The highest BCUT2D eigenvalue weighted by atomic mass is 16.4. The van der Waals surface area contributed by atoms with Gasteiger partial charge in [0.05, 0.1) is 6.42 Å². The second-order valence-electron chi connectivity index (χ2n) is 4.60. The van der Waals surface area contributed by atoms with E-state index in [0.29, 0.717) is 18.4 Å². The average Bonchev–Trinajstić information content (AvgIpc) is 2.91. The number of carbonyl (C=O) groups is 3. The van der Waals surface area contributed by atoms with Gasteiger partial charge in [-0.05, 0) is 18.3 Å². The van der Waals surface area contributed by atoms with Gasteiger partial charge in [-0.15, -0.1) is 0 Å². The molecule has 0 bridgehead atoms. The van der Waals surface area contributed by atoms with Crippen molar-refractivity contribution in [3.05, 3.63) is 0 Å². The van der Waals surface area contributed by atoms with Crippen LogP contribution in [0, 0.1) is 11.8 Å². The van der Waals surface area contributed by atoms with E-state index in [9.17, 15) is 14.4 Å². The van der Waals surface area contributed by atoms with Crippen molar-refractivity contribution in [3.8, 4) is 0 Å². The minimum Gasteiger partial charge on any atom is -0.481 e. The van der Waals surface area contributed by atoms with Gasteiger partial charge in [-0.25, -0.2) is 4.79 Å². The quantitative estimate of drug-likeness (QED) is 0.742. The van der Waals surface area contributed by atoms with Crippen LogP contribution in [0.3, 0.4) is 0 Å². The zero-order valence-electron chi connectivity index (χ0n) is 10.1. The second-order valence-corrected chi connectivity index (χ2v) is 4.60. The SMILES string of the molecule is CC1CC1CN(C)C(=O)NC(=O)CCC(=O)O. The number of carboxylic acid groups (broad SMARTS) is 1. The highest BCUT2D eigenvalue weighted by molar-refractivity contribution is 5.95. The predicted octanol–water partition coefficient (Wildman–Crippen LogP) is 0.675. The lowest BCUT2D eigenvalue weighted by atomic mass is 10.3. The molecule has 0 heterocycles. The average molecular weight is 242 g/mol. The molecule has 0 aliphatic heterocycles. The summed E-state index contributed by atoms with van der Waals surface area (Å²) in [5.74, 6) is -0.423. The molecule has 0 aromatic heterocycles. The van der Waals surface area contributed by atoms with E-state index in [-0.39, 0.29) is 12.8 Å². The zero-order valence-corrected chi connectivity index (χ0v) is 10.1. The van der Waals surface area contributed by atoms with Crippen LogP contribution < -0.4 is 5.32 Å². The molecule has 1 rings (SSSR count). The van der Waals surface area contributed by atoms with Gasteiger partial charge in [0.1, 0.15) is 0 Å². The lowest BCUT2D eigenvalue weighted by Gasteiger charge is -2.16. The summed E-state index contributed by atoms with van der Waals surface area (Å²) in [6.45, 7) is 2.76. The number of hydrogen-bond donors (Lipinski definition) is 2. The molecular weight excluding hydrogens is 224 g/mol. The van der Waals surface area contributed by atoms with Crippen molar-refractivity contribution in [2.24, 2.45) is 11.8 Å². The molecule has 2 unspecified atom stereocenters. The van der Waals surface area contributed by atoms with Gasteiger partial charge in [0.25, 0.3) is 0 Å². The number of urea groups is 1. The number of carboxylic acids is 1. The van der Waals surface area contributed by atoms with Crippen molar-refractivity contribution < 1.29 is 19.5 Å². The van der Waals surface area contributed by atoms with Crippen molar-refractivity contribution >= 4 is 17.9 Å². The van der Waals surface area contributed by atoms with Gasteiger partial charge >= 0.3 is 12.0 Å². The normalized spacial score (nSPS) is 21.8. The van der Waals surface area contributed by atoms with E-state index in [1.807, 2.05) is 0 Å². The molecule has 17 heavy (non-hydrogen) atoms. The van der Waals surface area contributed by atoms with Crippen LogP contribution in [-0.2, 0) is 9.59 Å². The third-order valence-corrected chi connectivity index (χ3v) is 2.94. The minimum atomic E-state index is -1.05. The standard InChI is InChI=1S/C11H18N2O4/c1-7-5-8(7)6-13(2)11(17)12-9(14)3-4-10(15)16/h7-8H,3-6H2,1-2H3,(H,15,16)(H,12,14,17). The first kappa shape index (κ1) is 13.5. The lowest BCUT2D eigenvalue weighted by molar-refractivity contribution is -0.138. The van der Waals surface area contributed by atoms with Gasteiger partial charge in [-0.1, -0.05) is 6.92 Å². The Hall–Kier alpha value is -1.59. The van der Waals surface area contributed by atoms with Gasteiger partial charge < -0.3 is 10.0 Å². The third-order valence-electron chi connectivity index (χ3n) is 2.94. The summed E-state index contributed by atoms with van der Waals surface area (Å²) in [6, 6.07) is -0.459. The highest BCUT2D eigenvalue weighted by Crippen LogP contribution is 2.37. The van der Waals surface area contributed by atoms with Crippen molar-refractivity contribution in [1.82, 2.24) is 10.2 Å². The Morgan fingerprint density at radius 1 is 1.35 bits per heavy atom. The van der Waals surface area contributed by atoms with E-state index in [2.05, 4.69) is 12.2 Å². The zero-order chi connectivity index (χ0) is 13.0. The number of aliphatic carboxylic acids is 1. The molecule has 96 valence electrons. The highest BCUT2D eigenvalue weighted by Gasteiger charge is 2.34. The number of nitrogens with zero attached hydrogens (tertiary/aromatic N) is 1. The third kappa shape index (κ3) is 4.84. The van der Waals surface area contributed by atoms with Crippen LogP contribution in [0.1, 0.15) is 26.2 Å². The van der Waals surface area contributed by atoms with Crippen LogP contribution in [0.5, 0.6) is 0 Å². The van der Waals surface area contributed by atoms with Crippen molar-refractivity contribution in [2.75, 3.05) is 13.6 Å². The number of nitrogens with one attached hydrogen (secondary N) is 1. The first-order valence-electron chi connectivity index (χ1n) is 5.67. The molecule has 6 nitrogen and oxygen atoms in total. The maximum absolute atomic E-state index is 11.5. The lowest BCUT2D eigenvalue weighted by Crippen LogP contribution is -2.41. The van der Waals surface area contributed by atoms with E-state index in [4.69, 9.17) is 5.11 Å². The number of rotatable bonds is 5. The van der Waals surface area contributed by atoms with Gasteiger partial charge in [0.2, 0.25) is 5.91 Å². The Bertz CT molecular complexity index is 329. The summed E-state index contributed by atoms with van der Waals surface area (Å²) >= 11 is 0. The Morgan fingerprint density at radius 2 is 1.94 bits per heavy atom. The van der Waals surface area contributed by atoms with Crippen LogP contribution in [0.15, 0.2) is 0 Å². The number of imide groups is 1. The van der Waals surface area contributed by atoms with Crippen LogP contribution in [0.2, 0.25) is 0 Å². The number of hydrogen-bond acceptors (Lipinski definition) is 3. The molecule has 1 aliphatic carbocycles. The van der Waals surface area contributed by atoms with Crippen LogP contribution in [0.4, 0.5) is 4.79 Å². The molecule has 0 aromatic rings. The first-order valence-corrected chi connectivity index (χ1v) is 5.67. The molecule has 6 heteroatoms. The molecule has 0 radical (unpaired) electrons. The largest absolute Gasteiger partial charge is 0.481 e. The smallest absolute Gasteiger partial charge is 0.323 e. The van der Waals surface area contributed by atoms with E-state index < -0.39 is 17.9 Å². The predicted molar refractivity (Wildman–Crippen MR) is 60.3 cm³/mol. The van der Waals surface area contributed by atoms with Gasteiger partial charge in [-0.2, -0.15) is 0 Å². The summed E-state index contributed by atoms with van der Waals surface area (Å²) < 4.78 is 0. The summed E-state index contributed by atoms with van der Waals surface area (Å²) in [4.78, 5) is 34.4.